The Morgan fingerprint density at radius 2 is 2.15 bits per heavy atom. The number of carboxylic acid groups (broad SMARTS) is 1. The van der Waals surface area contributed by atoms with E-state index in [1.807, 2.05) is 26.8 Å². The second kappa shape index (κ2) is 4.90. The van der Waals surface area contributed by atoms with Crippen LogP contribution in [0.25, 0.3) is 0 Å². The van der Waals surface area contributed by atoms with Gasteiger partial charge in [0, 0.05) is 6.04 Å². The van der Waals surface area contributed by atoms with E-state index in [0.29, 0.717) is 0 Å². The summed E-state index contributed by atoms with van der Waals surface area (Å²) in [6, 6.07) is -0.0111. The van der Waals surface area contributed by atoms with Gasteiger partial charge >= 0.3 is 6.09 Å². The first kappa shape index (κ1) is 12.0. The summed E-state index contributed by atoms with van der Waals surface area (Å²) in [6.07, 6.45) is 2.49. The Morgan fingerprint density at radius 1 is 1.62 bits per heavy atom. The maximum absolute atomic E-state index is 10.5. The van der Waals surface area contributed by atoms with E-state index in [0.717, 1.165) is 12.8 Å². The molecule has 1 atom stereocenters. The van der Waals surface area contributed by atoms with Gasteiger partial charge in [0.2, 0.25) is 0 Å². The molecule has 0 saturated carbocycles. The van der Waals surface area contributed by atoms with Crippen molar-refractivity contribution in [3.8, 4) is 0 Å². The first-order valence-corrected chi connectivity index (χ1v) is 4.48. The monoisotopic (exact) mass is 185 g/mol. The van der Waals surface area contributed by atoms with Crippen molar-refractivity contribution in [1.82, 2.24) is 5.32 Å². The highest BCUT2D eigenvalue weighted by Gasteiger charge is 2.24. The van der Waals surface area contributed by atoms with Gasteiger partial charge in [0.15, 0.2) is 0 Å². The molecule has 0 aromatic heterocycles. The Morgan fingerprint density at radius 3 is 2.46 bits per heavy atom. The second-order valence-electron chi connectivity index (χ2n) is 4.23. The summed E-state index contributed by atoms with van der Waals surface area (Å²) in [7, 11) is 0. The number of hydrogen-bond donors (Lipinski definition) is 2. The molecule has 3 heteroatoms. The molecule has 3 nitrogen and oxygen atoms in total. The Hall–Kier alpha value is -0.990. The van der Waals surface area contributed by atoms with Crippen LogP contribution in [0.4, 0.5) is 4.79 Å². The fourth-order valence-electron chi connectivity index (χ4n) is 1.16. The van der Waals surface area contributed by atoms with Gasteiger partial charge in [-0.25, -0.2) is 4.79 Å². The zero-order valence-corrected chi connectivity index (χ0v) is 8.63. The summed E-state index contributed by atoms with van der Waals surface area (Å²) in [5.74, 6) is 0. The van der Waals surface area contributed by atoms with Gasteiger partial charge in [0.25, 0.3) is 0 Å². The van der Waals surface area contributed by atoms with E-state index in [9.17, 15) is 4.79 Å². The van der Waals surface area contributed by atoms with Crippen LogP contribution in [0.15, 0.2) is 12.7 Å². The van der Waals surface area contributed by atoms with Crippen molar-refractivity contribution in [3.63, 3.8) is 0 Å². The van der Waals surface area contributed by atoms with Gasteiger partial charge in [-0.15, -0.1) is 6.58 Å². The Labute approximate surface area is 79.8 Å². The van der Waals surface area contributed by atoms with Crippen molar-refractivity contribution < 1.29 is 9.90 Å². The van der Waals surface area contributed by atoms with E-state index >= 15 is 0 Å². The van der Waals surface area contributed by atoms with Gasteiger partial charge in [-0.05, 0) is 18.3 Å². The molecule has 0 rings (SSSR count). The lowest BCUT2D eigenvalue weighted by Crippen LogP contribution is -2.42. The second-order valence-corrected chi connectivity index (χ2v) is 4.23. The average molecular weight is 185 g/mol. The molecule has 0 spiro atoms. The molecule has 1 unspecified atom stereocenters. The molecule has 0 radical (unpaired) electrons. The highest BCUT2D eigenvalue weighted by molar-refractivity contribution is 5.64. The lowest BCUT2D eigenvalue weighted by atomic mass is 9.84. The van der Waals surface area contributed by atoms with Crippen LogP contribution in [-0.4, -0.2) is 17.2 Å². The molecule has 0 aliphatic heterocycles. The summed E-state index contributed by atoms with van der Waals surface area (Å²) in [5.41, 5.74) is -0.0403. The molecule has 0 saturated heterocycles. The van der Waals surface area contributed by atoms with Crippen LogP contribution in [-0.2, 0) is 0 Å². The molecule has 1 amide bonds. The number of hydrogen-bond acceptors (Lipinski definition) is 1. The summed E-state index contributed by atoms with van der Waals surface area (Å²) in [5, 5.41) is 11.1. The molecule has 0 bridgehead atoms. The van der Waals surface area contributed by atoms with Crippen molar-refractivity contribution in [2.24, 2.45) is 5.41 Å². The minimum atomic E-state index is -0.955. The third kappa shape index (κ3) is 5.28. The van der Waals surface area contributed by atoms with Crippen LogP contribution in [0, 0.1) is 5.41 Å². The van der Waals surface area contributed by atoms with Crippen LogP contribution in [0.1, 0.15) is 33.6 Å². The minimum Gasteiger partial charge on any atom is -0.465 e. The van der Waals surface area contributed by atoms with Crippen LogP contribution in [0.5, 0.6) is 0 Å². The number of nitrogens with one attached hydrogen (secondary N) is 1. The zero-order chi connectivity index (χ0) is 10.5. The summed E-state index contributed by atoms with van der Waals surface area (Å²) < 4.78 is 0. The van der Waals surface area contributed by atoms with Crippen molar-refractivity contribution in [1.29, 1.82) is 0 Å². The first-order chi connectivity index (χ1) is 5.88. The molecule has 0 aliphatic carbocycles. The molecule has 0 aromatic rings. The molecule has 2 N–H and O–H groups in total. The molecular formula is C10H19NO2. The molecule has 76 valence electrons. The molecule has 0 aliphatic rings. The van der Waals surface area contributed by atoms with Crippen LogP contribution < -0.4 is 5.32 Å². The number of allylic oxidation sites excluding steroid dienone is 1. The lowest BCUT2D eigenvalue weighted by molar-refractivity contribution is 0.172. The molecule has 0 fully saturated rings. The predicted molar refractivity (Wildman–Crippen MR) is 53.8 cm³/mol. The fraction of sp³-hybridized carbons (Fsp3) is 0.700. The van der Waals surface area contributed by atoms with Gasteiger partial charge in [-0.2, -0.15) is 0 Å². The average Bonchev–Trinajstić information content (AvgIpc) is 1.95. The van der Waals surface area contributed by atoms with Crippen LogP contribution in [0.3, 0.4) is 0 Å². The number of rotatable bonds is 4. The topological polar surface area (TPSA) is 49.3 Å². The maximum Gasteiger partial charge on any atom is 0.404 e. The summed E-state index contributed by atoms with van der Waals surface area (Å²) in [4.78, 5) is 10.5. The van der Waals surface area contributed by atoms with Gasteiger partial charge in [0.05, 0.1) is 0 Å². The largest absolute Gasteiger partial charge is 0.465 e. The normalized spacial score (nSPS) is 13.5. The standard InChI is InChI=1S/C10H19NO2/c1-5-6-7-8(10(2,3)4)11-9(12)13/h5,8,11H,1,6-7H2,2-4H3,(H,12,13). The number of amides is 1. The fourth-order valence-corrected chi connectivity index (χ4v) is 1.16. The van der Waals surface area contributed by atoms with E-state index < -0.39 is 6.09 Å². The van der Waals surface area contributed by atoms with Crippen molar-refractivity contribution in [2.45, 2.75) is 39.7 Å². The molecular weight excluding hydrogens is 166 g/mol. The molecule has 0 heterocycles. The Balaban J connectivity index is 4.19. The van der Waals surface area contributed by atoms with Crippen LogP contribution >= 0.6 is 0 Å². The maximum atomic E-state index is 10.5. The molecule has 0 aromatic carbocycles. The van der Waals surface area contributed by atoms with Crippen LogP contribution in [0.2, 0.25) is 0 Å². The summed E-state index contributed by atoms with van der Waals surface area (Å²) in [6.45, 7) is 9.69. The van der Waals surface area contributed by atoms with E-state index in [2.05, 4.69) is 11.9 Å². The van der Waals surface area contributed by atoms with E-state index in [1.165, 1.54) is 0 Å². The third-order valence-electron chi connectivity index (χ3n) is 2.00. The third-order valence-corrected chi connectivity index (χ3v) is 2.00. The van der Waals surface area contributed by atoms with Crippen molar-refractivity contribution in [3.05, 3.63) is 12.7 Å². The lowest BCUT2D eigenvalue weighted by Gasteiger charge is -2.30. The zero-order valence-electron chi connectivity index (χ0n) is 8.63. The number of carbonyl (C=O) groups is 1. The van der Waals surface area contributed by atoms with Crippen molar-refractivity contribution >= 4 is 6.09 Å². The van der Waals surface area contributed by atoms with Gasteiger partial charge in [-0.1, -0.05) is 26.8 Å². The van der Waals surface area contributed by atoms with E-state index in [-0.39, 0.29) is 11.5 Å². The van der Waals surface area contributed by atoms with Crippen molar-refractivity contribution in [2.75, 3.05) is 0 Å². The molecule has 13 heavy (non-hydrogen) atoms. The minimum absolute atomic E-state index is 0.0111. The summed E-state index contributed by atoms with van der Waals surface area (Å²) >= 11 is 0. The van der Waals surface area contributed by atoms with Gasteiger partial charge in [0.1, 0.15) is 0 Å². The Bertz CT molecular complexity index is 182. The predicted octanol–water partition coefficient (Wildman–Crippen LogP) is 2.63. The van der Waals surface area contributed by atoms with E-state index in [1.54, 1.807) is 0 Å². The highest BCUT2D eigenvalue weighted by atomic mass is 16.4. The van der Waals surface area contributed by atoms with Gasteiger partial charge in [-0.3, -0.25) is 0 Å². The SMILES string of the molecule is C=CCCC(NC(=O)O)C(C)(C)C. The first-order valence-electron chi connectivity index (χ1n) is 4.48. The smallest absolute Gasteiger partial charge is 0.404 e. The van der Waals surface area contributed by atoms with Gasteiger partial charge < -0.3 is 10.4 Å². The highest BCUT2D eigenvalue weighted by Crippen LogP contribution is 2.22. The Kier molecular flexibility index (Phi) is 4.52. The quantitative estimate of drug-likeness (QED) is 0.661. The van der Waals surface area contributed by atoms with E-state index in [4.69, 9.17) is 5.11 Å².